The number of amides is 1. The minimum atomic E-state index is -0.117. The van der Waals surface area contributed by atoms with Crippen molar-refractivity contribution < 1.29 is 9.32 Å². The molecular formula is C15H20N4O2. The maximum absolute atomic E-state index is 12.0. The second kappa shape index (κ2) is 6.05. The highest BCUT2D eigenvalue weighted by Crippen LogP contribution is 2.26. The van der Waals surface area contributed by atoms with Gasteiger partial charge in [-0.25, -0.2) is 0 Å². The maximum atomic E-state index is 12.0. The van der Waals surface area contributed by atoms with Crippen LogP contribution in [0.3, 0.4) is 0 Å². The van der Waals surface area contributed by atoms with Crippen molar-refractivity contribution in [2.45, 2.75) is 33.2 Å². The number of hydrogen-bond acceptors (Lipinski definition) is 5. The molecule has 0 aliphatic heterocycles. The Labute approximate surface area is 123 Å². The van der Waals surface area contributed by atoms with Crippen molar-refractivity contribution in [3.05, 3.63) is 30.1 Å². The third-order valence-electron chi connectivity index (χ3n) is 2.74. The van der Waals surface area contributed by atoms with Gasteiger partial charge in [-0.05, 0) is 39.8 Å². The van der Waals surface area contributed by atoms with Crippen LogP contribution in [0.2, 0.25) is 0 Å². The van der Waals surface area contributed by atoms with Crippen LogP contribution >= 0.6 is 0 Å². The van der Waals surface area contributed by atoms with Crippen molar-refractivity contribution in [3.63, 3.8) is 0 Å². The standard InChI is InChI=1S/C15H20N4O2/c1-10-17-14(21-19-10)11-7-5-6-8-12(11)18-13(20)9-16-15(2,3)4/h5-8,16H,9H2,1-4H3,(H,18,20). The number of benzene rings is 1. The molecule has 0 radical (unpaired) electrons. The predicted octanol–water partition coefficient (Wildman–Crippen LogP) is 2.37. The van der Waals surface area contributed by atoms with Crippen molar-refractivity contribution in [2.24, 2.45) is 0 Å². The molecule has 1 heterocycles. The lowest BCUT2D eigenvalue weighted by molar-refractivity contribution is -0.115. The minimum Gasteiger partial charge on any atom is -0.334 e. The van der Waals surface area contributed by atoms with Gasteiger partial charge >= 0.3 is 0 Å². The van der Waals surface area contributed by atoms with Crippen LogP contribution in [0.1, 0.15) is 26.6 Å². The van der Waals surface area contributed by atoms with E-state index >= 15 is 0 Å². The summed E-state index contributed by atoms with van der Waals surface area (Å²) >= 11 is 0. The zero-order valence-electron chi connectivity index (χ0n) is 12.7. The van der Waals surface area contributed by atoms with Gasteiger partial charge in [-0.2, -0.15) is 4.98 Å². The normalized spacial score (nSPS) is 11.4. The van der Waals surface area contributed by atoms with Crippen molar-refractivity contribution in [2.75, 3.05) is 11.9 Å². The number of aryl methyl sites for hydroxylation is 1. The quantitative estimate of drug-likeness (QED) is 0.903. The van der Waals surface area contributed by atoms with Gasteiger partial charge in [0, 0.05) is 5.54 Å². The Balaban J connectivity index is 2.12. The lowest BCUT2D eigenvalue weighted by atomic mass is 10.1. The van der Waals surface area contributed by atoms with Crippen LogP contribution in [0.25, 0.3) is 11.5 Å². The molecule has 0 saturated heterocycles. The van der Waals surface area contributed by atoms with Crippen LogP contribution in [0.4, 0.5) is 5.69 Å². The SMILES string of the molecule is Cc1noc(-c2ccccc2NC(=O)CNC(C)(C)C)n1. The van der Waals surface area contributed by atoms with Crippen molar-refractivity contribution in [1.29, 1.82) is 0 Å². The monoisotopic (exact) mass is 288 g/mol. The molecule has 2 rings (SSSR count). The summed E-state index contributed by atoms with van der Waals surface area (Å²) in [5.41, 5.74) is 1.25. The van der Waals surface area contributed by atoms with E-state index in [0.717, 1.165) is 0 Å². The Morgan fingerprint density at radius 2 is 2.00 bits per heavy atom. The average molecular weight is 288 g/mol. The highest BCUT2D eigenvalue weighted by molar-refractivity contribution is 5.95. The average Bonchev–Trinajstić information content (AvgIpc) is 2.83. The Hall–Kier alpha value is -2.21. The van der Waals surface area contributed by atoms with Crippen LogP contribution in [0.5, 0.6) is 0 Å². The molecule has 0 fully saturated rings. The molecule has 6 heteroatoms. The smallest absolute Gasteiger partial charge is 0.260 e. The zero-order chi connectivity index (χ0) is 15.5. The topological polar surface area (TPSA) is 80.0 Å². The Kier molecular flexibility index (Phi) is 4.37. The number of hydrogen-bond donors (Lipinski definition) is 2. The molecule has 1 aromatic carbocycles. The molecule has 6 nitrogen and oxygen atoms in total. The number of nitrogens with zero attached hydrogens (tertiary/aromatic N) is 2. The van der Waals surface area contributed by atoms with E-state index in [9.17, 15) is 4.79 Å². The lowest BCUT2D eigenvalue weighted by Crippen LogP contribution is -2.41. The largest absolute Gasteiger partial charge is 0.334 e. The Bertz CT molecular complexity index is 629. The number of rotatable bonds is 4. The van der Waals surface area contributed by atoms with E-state index < -0.39 is 0 Å². The zero-order valence-corrected chi connectivity index (χ0v) is 12.7. The van der Waals surface area contributed by atoms with Gasteiger partial charge in [0.2, 0.25) is 5.91 Å². The summed E-state index contributed by atoms with van der Waals surface area (Å²) < 4.78 is 5.16. The van der Waals surface area contributed by atoms with Gasteiger partial charge in [0.25, 0.3) is 5.89 Å². The third kappa shape index (κ3) is 4.39. The van der Waals surface area contributed by atoms with E-state index in [1.54, 1.807) is 6.92 Å². The molecule has 0 bridgehead atoms. The molecule has 21 heavy (non-hydrogen) atoms. The highest BCUT2D eigenvalue weighted by atomic mass is 16.5. The maximum Gasteiger partial charge on any atom is 0.260 e. The van der Waals surface area contributed by atoms with Crippen molar-refractivity contribution in [3.8, 4) is 11.5 Å². The van der Waals surface area contributed by atoms with Gasteiger partial charge in [0.15, 0.2) is 5.82 Å². The van der Waals surface area contributed by atoms with E-state index in [4.69, 9.17) is 4.52 Å². The van der Waals surface area contributed by atoms with Gasteiger partial charge < -0.3 is 15.2 Å². The summed E-state index contributed by atoms with van der Waals surface area (Å²) in [6, 6.07) is 7.35. The van der Waals surface area contributed by atoms with Gasteiger partial charge in [-0.15, -0.1) is 0 Å². The molecule has 2 N–H and O–H groups in total. The fourth-order valence-corrected chi connectivity index (χ4v) is 1.72. The van der Waals surface area contributed by atoms with Crippen LogP contribution in [-0.4, -0.2) is 28.1 Å². The summed E-state index contributed by atoms with van der Waals surface area (Å²) in [7, 11) is 0. The summed E-state index contributed by atoms with van der Waals surface area (Å²) in [6.45, 7) is 8.02. The molecule has 0 aliphatic carbocycles. The number of carbonyl (C=O) groups is 1. The first-order valence-corrected chi connectivity index (χ1v) is 6.80. The fraction of sp³-hybridized carbons (Fsp3) is 0.400. The summed E-state index contributed by atoms with van der Waals surface area (Å²) in [5, 5.41) is 9.77. The molecule has 1 amide bonds. The molecular weight excluding hydrogens is 268 g/mol. The first kappa shape index (κ1) is 15.2. The molecule has 1 aromatic heterocycles. The molecule has 0 unspecified atom stereocenters. The Morgan fingerprint density at radius 3 is 2.62 bits per heavy atom. The summed E-state index contributed by atoms with van der Waals surface area (Å²) in [6.07, 6.45) is 0. The van der Waals surface area contributed by atoms with Gasteiger partial charge in [-0.1, -0.05) is 17.3 Å². The first-order valence-electron chi connectivity index (χ1n) is 6.80. The first-order chi connectivity index (χ1) is 9.85. The van der Waals surface area contributed by atoms with Gasteiger partial charge in [-0.3, -0.25) is 4.79 Å². The minimum absolute atomic E-state index is 0.111. The van der Waals surface area contributed by atoms with E-state index in [1.807, 2.05) is 45.0 Å². The number of nitrogens with one attached hydrogen (secondary N) is 2. The lowest BCUT2D eigenvalue weighted by Gasteiger charge is -2.20. The predicted molar refractivity (Wildman–Crippen MR) is 80.9 cm³/mol. The summed E-state index contributed by atoms with van der Waals surface area (Å²) in [5.74, 6) is 0.835. The third-order valence-corrected chi connectivity index (χ3v) is 2.74. The molecule has 112 valence electrons. The molecule has 0 spiro atoms. The van der Waals surface area contributed by atoms with Crippen LogP contribution in [0.15, 0.2) is 28.8 Å². The van der Waals surface area contributed by atoms with Crippen molar-refractivity contribution in [1.82, 2.24) is 15.5 Å². The van der Waals surface area contributed by atoms with E-state index in [1.165, 1.54) is 0 Å². The molecule has 0 aliphatic rings. The second-order valence-electron chi connectivity index (χ2n) is 5.84. The Morgan fingerprint density at radius 1 is 1.29 bits per heavy atom. The number of carbonyl (C=O) groups excluding carboxylic acids is 1. The van der Waals surface area contributed by atoms with E-state index in [-0.39, 0.29) is 18.0 Å². The molecule has 0 saturated carbocycles. The van der Waals surface area contributed by atoms with Crippen LogP contribution < -0.4 is 10.6 Å². The number of aromatic nitrogens is 2. The van der Waals surface area contributed by atoms with E-state index in [2.05, 4.69) is 20.8 Å². The van der Waals surface area contributed by atoms with Gasteiger partial charge in [0.05, 0.1) is 17.8 Å². The number of para-hydroxylation sites is 1. The highest BCUT2D eigenvalue weighted by Gasteiger charge is 2.15. The fourth-order valence-electron chi connectivity index (χ4n) is 1.72. The van der Waals surface area contributed by atoms with Crippen molar-refractivity contribution >= 4 is 11.6 Å². The number of anilines is 1. The summed E-state index contributed by atoms with van der Waals surface area (Å²) in [4.78, 5) is 16.2. The second-order valence-corrected chi connectivity index (χ2v) is 5.84. The molecule has 0 atom stereocenters. The van der Waals surface area contributed by atoms with Crippen LogP contribution in [-0.2, 0) is 4.79 Å². The molecule has 2 aromatic rings. The van der Waals surface area contributed by atoms with E-state index in [0.29, 0.717) is 23.0 Å². The van der Waals surface area contributed by atoms with Crippen LogP contribution in [0, 0.1) is 6.92 Å². The van der Waals surface area contributed by atoms with Gasteiger partial charge in [0.1, 0.15) is 0 Å².